The summed E-state index contributed by atoms with van der Waals surface area (Å²) in [7, 11) is 1.87. The molecule has 4 aromatic rings. The smallest absolute Gasteiger partial charge is 0.290 e. The number of amides is 1. The van der Waals surface area contributed by atoms with Crippen LogP contribution in [0.15, 0.2) is 29.9 Å². The van der Waals surface area contributed by atoms with Gasteiger partial charge in [-0.2, -0.15) is 10.1 Å². The number of carbonyl (C=O) groups excluding carboxylic acids is 1. The summed E-state index contributed by atoms with van der Waals surface area (Å²) in [5.41, 5.74) is 0.981. The molecule has 11 heteroatoms. The van der Waals surface area contributed by atoms with Gasteiger partial charge in [0.2, 0.25) is 5.95 Å². The lowest BCUT2D eigenvalue weighted by atomic mass is 9.81. The fourth-order valence-electron chi connectivity index (χ4n) is 5.32. The lowest BCUT2D eigenvalue weighted by Crippen LogP contribution is -2.57. The van der Waals surface area contributed by atoms with Crippen molar-refractivity contribution in [1.82, 2.24) is 34.6 Å². The monoisotopic (exact) mass is 477 g/mol. The van der Waals surface area contributed by atoms with E-state index in [-0.39, 0.29) is 24.0 Å². The van der Waals surface area contributed by atoms with Crippen molar-refractivity contribution in [3.05, 3.63) is 41.4 Å². The van der Waals surface area contributed by atoms with Gasteiger partial charge in [0.05, 0.1) is 5.39 Å². The molecule has 34 heavy (non-hydrogen) atoms. The van der Waals surface area contributed by atoms with E-state index in [0.717, 1.165) is 59.7 Å². The fraction of sp³-hybridized carbons (Fsp3) is 0.435. The number of aryl methyl sites for hydroxylation is 2. The highest BCUT2D eigenvalue weighted by Crippen LogP contribution is 2.36. The molecule has 10 nitrogen and oxygen atoms in total. The molecule has 2 aliphatic rings. The number of fused-ring (bicyclic) bond motifs is 3. The molecule has 0 aliphatic carbocycles. The number of nitrogens with one attached hydrogen (secondary N) is 3. The molecular weight excluding hydrogens is 450 g/mol. The maximum atomic E-state index is 13.3. The second-order valence-electron chi connectivity index (χ2n) is 9.22. The van der Waals surface area contributed by atoms with Gasteiger partial charge in [0, 0.05) is 49.3 Å². The van der Waals surface area contributed by atoms with Crippen molar-refractivity contribution in [2.45, 2.75) is 57.2 Å². The Hall–Kier alpha value is -3.47. The van der Waals surface area contributed by atoms with Crippen molar-refractivity contribution < 1.29 is 4.79 Å². The molecule has 2 fully saturated rings. The van der Waals surface area contributed by atoms with Crippen molar-refractivity contribution in [2.75, 3.05) is 10.6 Å². The van der Waals surface area contributed by atoms with Gasteiger partial charge in [-0.3, -0.25) is 9.89 Å². The summed E-state index contributed by atoms with van der Waals surface area (Å²) >= 11 is 1.59. The molecule has 1 unspecified atom stereocenters. The molecule has 3 N–H and O–H groups in total. The number of hydrogen-bond donors (Lipinski definition) is 3. The fourth-order valence-corrected chi connectivity index (χ4v) is 6.08. The number of nitrogens with zero attached hydrogens (tertiary/aromatic N) is 6. The highest BCUT2D eigenvalue weighted by Gasteiger charge is 2.42. The van der Waals surface area contributed by atoms with Crippen LogP contribution >= 0.6 is 11.3 Å². The molecule has 4 aromatic heterocycles. The van der Waals surface area contributed by atoms with Crippen LogP contribution in [-0.2, 0) is 7.05 Å². The van der Waals surface area contributed by atoms with Gasteiger partial charge in [-0.15, -0.1) is 11.3 Å². The van der Waals surface area contributed by atoms with Crippen LogP contribution in [0.2, 0.25) is 0 Å². The number of H-pyrrole nitrogens is 1. The lowest BCUT2D eigenvalue weighted by Gasteiger charge is -2.48. The third-order valence-electron chi connectivity index (χ3n) is 6.83. The second kappa shape index (κ2) is 8.39. The van der Waals surface area contributed by atoms with Gasteiger partial charge in [-0.05, 0) is 50.5 Å². The predicted molar refractivity (Wildman–Crippen MR) is 131 cm³/mol. The second-order valence-corrected chi connectivity index (χ2v) is 10.1. The molecular formula is C23H27N9OS. The Balaban J connectivity index is 1.23. The molecule has 0 spiro atoms. The number of carbonyl (C=O) groups is 1. The van der Waals surface area contributed by atoms with Crippen LogP contribution in [0.25, 0.3) is 10.2 Å². The summed E-state index contributed by atoms with van der Waals surface area (Å²) in [6.07, 6.45) is 8.44. The van der Waals surface area contributed by atoms with Gasteiger partial charge < -0.3 is 20.1 Å². The maximum Gasteiger partial charge on any atom is 0.290 e. The predicted octanol–water partition coefficient (Wildman–Crippen LogP) is 3.84. The third-order valence-corrected chi connectivity index (χ3v) is 7.64. The zero-order valence-electron chi connectivity index (χ0n) is 19.2. The Morgan fingerprint density at radius 1 is 1.24 bits per heavy atom. The molecule has 2 saturated heterocycles. The van der Waals surface area contributed by atoms with Crippen molar-refractivity contribution in [3.8, 4) is 0 Å². The normalized spacial score (nSPS) is 22.2. The number of aromatic amines is 1. The first-order valence-electron chi connectivity index (χ1n) is 11.7. The Bertz CT molecular complexity index is 1330. The first kappa shape index (κ1) is 21.1. The Kier molecular flexibility index (Phi) is 5.20. The number of imidazole rings is 1. The molecule has 1 amide bonds. The first-order chi connectivity index (χ1) is 16.5. The van der Waals surface area contributed by atoms with Gasteiger partial charge in [-0.25, -0.2) is 9.97 Å². The Morgan fingerprint density at radius 2 is 2.06 bits per heavy atom. The van der Waals surface area contributed by atoms with Crippen LogP contribution in [0, 0.1) is 6.92 Å². The lowest BCUT2D eigenvalue weighted by molar-refractivity contribution is 0.0244. The topological polar surface area (TPSA) is 117 Å². The van der Waals surface area contributed by atoms with Crippen LogP contribution < -0.4 is 10.6 Å². The average molecular weight is 478 g/mol. The molecule has 6 heterocycles. The summed E-state index contributed by atoms with van der Waals surface area (Å²) in [5, 5.41) is 17.1. The molecule has 176 valence electrons. The summed E-state index contributed by atoms with van der Waals surface area (Å²) in [5.74, 6) is 2.63. The van der Waals surface area contributed by atoms with Gasteiger partial charge in [-0.1, -0.05) is 0 Å². The molecule has 2 aliphatic heterocycles. The Labute approximate surface area is 200 Å². The molecule has 0 aromatic carbocycles. The number of thiophene rings is 1. The molecule has 2 bridgehead atoms. The van der Waals surface area contributed by atoms with E-state index >= 15 is 0 Å². The van der Waals surface area contributed by atoms with Gasteiger partial charge in [0.1, 0.15) is 10.6 Å². The SMILES string of the molecule is Cc1cc(Nc2nc(NC3C[C@H]4CCC[C@@H](C3)N4C(=O)c3nccn3C)nc3sccc23)n[nH]1. The van der Waals surface area contributed by atoms with E-state index in [1.807, 2.05) is 42.2 Å². The van der Waals surface area contributed by atoms with Crippen LogP contribution in [0.4, 0.5) is 17.6 Å². The number of hydrogen-bond acceptors (Lipinski definition) is 8. The standard InChI is InChI=1S/C23H27N9OS/c1-13-10-18(30-29-13)26-19-17-6-9-34-21(17)28-23(27-19)25-14-11-15-4-3-5-16(12-14)32(15)22(33)20-24-7-8-31(20)2/h6-10,14-16H,3-5,11-12H2,1-2H3,(H3,25,26,27,28,29,30)/t14?,15-,16+. The first-order valence-corrected chi connectivity index (χ1v) is 12.5. The van der Waals surface area contributed by atoms with Crippen molar-refractivity contribution in [3.63, 3.8) is 0 Å². The molecule has 0 saturated carbocycles. The minimum absolute atomic E-state index is 0.0395. The molecule has 0 radical (unpaired) electrons. The quantitative estimate of drug-likeness (QED) is 0.400. The largest absolute Gasteiger partial charge is 0.351 e. The van der Waals surface area contributed by atoms with E-state index in [4.69, 9.17) is 9.97 Å². The van der Waals surface area contributed by atoms with E-state index in [2.05, 4.69) is 30.7 Å². The minimum atomic E-state index is 0.0395. The van der Waals surface area contributed by atoms with E-state index in [1.165, 1.54) is 0 Å². The number of aromatic nitrogens is 6. The number of anilines is 3. The van der Waals surface area contributed by atoms with Gasteiger partial charge in [0.15, 0.2) is 11.6 Å². The van der Waals surface area contributed by atoms with Crippen LogP contribution in [0.3, 0.4) is 0 Å². The maximum absolute atomic E-state index is 13.3. The van der Waals surface area contributed by atoms with Gasteiger partial charge >= 0.3 is 0 Å². The van der Waals surface area contributed by atoms with E-state index in [9.17, 15) is 4.79 Å². The summed E-state index contributed by atoms with van der Waals surface area (Å²) in [6, 6.07) is 4.58. The third kappa shape index (κ3) is 3.79. The van der Waals surface area contributed by atoms with Crippen molar-refractivity contribution in [2.24, 2.45) is 7.05 Å². The van der Waals surface area contributed by atoms with E-state index in [1.54, 1.807) is 17.5 Å². The zero-order valence-corrected chi connectivity index (χ0v) is 20.0. The summed E-state index contributed by atoms with van der Waals surface area (Å²) in [6.45, 7) is 1.97. The van der Waals surface area contributed by atoms with Crippen LogP contribution in [0.5, 0.6) is 0 Å². The summed E-state index contributed by atoms with van der Waals surface area (Å²) < 4.78 is 1.81. The van der Waals surface area contributed by atoms with E-state index < -0.39 is 0 Å². The minimum Gasteiger partial charge on any atom is -0.351 e. The van der Waals surface area contributed by atoms with Crippen molar-refractivity contribution in [1.29, 1.82) is 0 Å². The molecule has 6 rings (SSSR count). The van der Waals surface area contributed by atoms with Crippen LogP contribution in [0.1, 0.15) is 48.4 Å². The number of rotatable bonds is 5. The van der Waals surface area contributed by atoms with E-state index in [0.29, 0.717) is 11.8 Å². The zero-order chi connectivity index (χ0) is 23.2. The summed E-state index contributed by atoms with van der Waals surface area (Å²) in [4.78, 5) is 30.2. The van der Waals surface area contributed by atoms with Gasteiger partial charge in [0.25, 0.3) is 5.91 Å². The Morgan fingerprint density at radius 3 is 2.76 bits per heavy atom. The molecule has 3 atom stereocenters. The highest BCUT2D eigenvalue weighted by molar-refractivity contribution is 7.16. The highest BCUT2D eigenvalue weighted by atomic mass is 32.1. The van der Waals surface area contributed by atoms with Crippen LogP contribution in [-0.4, -0.2) is 58.6 Å². The average Bonchev–Trinajstić information content (AvgIpc) is 3.54. The number of piperidine rings is 2. The van der Waals surface area contributed by atoms with Crippen molar-refractivity contribution >= 4 is 45.0 Å².